The van der Waals surface area contributed by atoms with E-state index >= 15 is 0 Å². The van der Waals surface area contributed by atoms with Gasteiger partial charge in [0.2, 0.25) is 5.91 Å². The van der Waals surface area contributed by atoms with Gasteiger partial charge in [-0.05, 0) is 49.9 Å². The van der Waals surface area contributed by atoms with Crippen LogP contribution in [-0.2, 0) is 4.79 Å². The Labute approximate surface area is 153 Å². The highest BCUT2D eigenvalue weighted by Crippen LogP contribution is 2.12. The first kappa shape index (κ1) is 19.5. The predicted molar refractivity (Wildman–Crippen MR) is 98.6 cm³/mol. The lowest BCUT2D eigenvalue weighted by Gasteiger charge is -2.16. The Kier molecular flexibility index (Phi) is 7.95. The van der Waals surface area contributed by atoms with Crippen LogP contribution in [0.1, 0.15) is 42.5 Å². The van der Waals surface area contributed by atoms with Crippen molar-refractivity contribution in [2.24, 2.45) is 0 Å². The lowest BCUT2D eigenvalue weighted by atomic mass is 10.1. The molecule has 0 aromatic heterocycles. The maximum Gasteiger partial charge on any atom is 0.222 e. The van der Waals surface area contributed by atoms with Crippen molar-refractivity contribution >= 4 is 23.3 Å². The molecule has 0 atom stereocenters. The van der Waals surface area contributed by atoms with E-state index < -0.39 is 0 Å². The van der Waals surface area contributed by atoms with Crippen molar-refractivity contribution in [3.05, 3.63) is 46.6 Å². The van der Waals surface area contributed by atoms with Gasteiger partial charge in [-0.3, -0.25) is 9.59 Å². The van der Waals surface area contributed by atoms with E-state index in [9.17, 15) is 9.59 Å². The molecule has 0 unspecified atom stereocenters. The Morgan fingerprint density at radius 1 is 1.28 bits per heavy atom. The molecule has 1 aromatic carbocycles. The minimum absolute atomic E-state index is 0.0798. The van der Waals surface area contributed by atoms with Crippen molar-refractivity contribution in [1.82, 2.24) is 10.2 Å². The second kappa shape index (κ2) is 10.2. The molecule has 1 fully saturated rings. The first-order valence-corrected chi connectivity index (χ1v) is 9.11. The number of likely N-dealkylation sites (tertiary alicyclic amines) is 1. The predicted octanol–water partition coefficient (Wildman–Crippen LogP) is 2.78. The van der Waals surface area contributed by atoms with Gasteiger partial charge in [-0.1, -0.05) is 11.6 Å². The topological polar surface area (TPSA) is 69.6 Å². The Hall–Kier alpha value is -1.85. The maximum absolute atomic E-state index is 12.3. The van der Waals surface area contributed by atoms with Crippen LogP contribution in [-0.4, -0.2) is 47.9 Å². The first-order valence-electron chi connectivity index (χ1n) is 8.73. The summed E-state index contributed by atoms with van der Waals surface area (Å²) in [7, 11) is 0. The number of allylic oxidation sites excluding steroid dienone is 2. The van der Waals surface area contributed by atoms with E-state index in [4.69, 9.17) is 16.7 Å². The third kappa shape index (κ3) is 6.52. The number of hydrogen-bond donors (Lipinski definition) is 2. The van der Waals surface area contributed by atoms with Crippen molar-refractivity contribution in [2.45, 2.75) is 32.1 Å². The number of nitrogens with one attached hydrogen (secondary N) is 1. The van der Waals surface area contributed by atoms with Crippen LogP contribution < -0.4 is 5.32 Å². The van der Waals surface area contributed by atoms with E-state index in [1.165, 1.54) is 0 Å². The van der Waals surface area contributed by atoms with Gasteiger partial charge in [0.25, 0.3) is 0 Å². The van der Waals surface area contributed by atoms with Gasteiger partial charge in [0, 0.05) is 55.0 Å². The summed E-state index contributed by atoms with van der Waals surface area (Å²) in [6.45, 7) is 2.36. The molecule has 0 bridgehead atoms. The number of benzene rings is 1. The van der Waals surface area contributed by atoms with Crippen LogP contribution in [0.3, 0.4) is 0 Å². The summed E-state index contributed by atoms with van der Waals surface area (Å²) in [5.74, 6) is 0.140. The standard InChI is InChI=1S/C19H25ClN2O3/c20-16-8-6-15(7-9-16)18(24)14-17(4-2-13-23)21-10-3-12-22-11-1-5-19(22)25/h6-9,14,21,23H,1-5,10-13H2/b17-14+. The maximum atomic E-state index is 12.3. The highest BCUT2D eigenvalue weighted by molar-refractivity contribution is 6.30. The smallest absolute Gasteiger partial charge is 0.222 e. The second-order valence-electron chi connectivity index (χ2n) is 6.13. The van der Waals surface area contributed by atoms with Gasteiger partial charge in [-0.2, -0.15) is 0 Å². The number of carbonyl (C=O) groups excluding carboxylic acids is 2. The average molecular weight is 365 g/mol. The number of amides is 1. The molecule has 5 nitrogen and oxygen atoms in total. The number of ketones is 1. The summed E-state index contributed by atoms with van der Waals surface area (Å²) in [5, 5.41) is 12.9. The summed E-state index contributed by atoms with van der Waals surface area (Å²) in [6.07, 6.45) is 5.22. The molecule has 1 aromatic rings. The van der Waals surface area contributed by atoms with Crippen molar-refractivity contribution in [1.29, 1.82) is 0 Å². The summed E-state index contributed by atoms with van der Waals surface area (Å²) >= 11 is 5.84. The van der Waals surface area contributed by atoms with Crippen LogP contribution >= 0.6 is 11.6 Å². The quantitative estimate of drug-likeness (QED) is 0.380. The van der Waals surface area contributed by atoms with Crippen LogP contribution in [0.25, 0.3) is 0 Å². The van der Waals surface area contributed by atoms with E-state index in [1.807, 2.05) is 4.90 Å². The zero-order chi connectivity index (χ0) is 18.1. The van der Waals surface area contributed by atoms with Gasteiger partial charge in [0.1, 0.15) is 0 Å². The lowest BCUT2D eigenvalue weighted by molar-refractivity contribution is -0.127. The molecule has 0 radical (unpaired) electrons. The minimum Gasteiger partial charge on any atom is -0.396 e. The van der Waals surface area contributed by atoms with Crippen LogP contribution in [0.5, 0.6) is 0 Å². The average Bonchev–Trinajstić information content (AvgIpc) is 3.01. The molecule has 0 aliphatic carbocycles. The number of hydrogen-bond acceptors (Lipinski definition) is 4. The van der Waals surface area contributed by atoms with Crippen molar-refractivity contribution in [3.63, 3.8) is 0 Å². The Balaban J connectivity index is 1.87. The fourth-order valence-electron chi connectivity index (χ4n) is 2.80. The molecule has 0 saturated carbocycles. The van der Waals surface area contributed by atoms with E-state index in [0.717, 1.165) is 31.6 Å². The first-order chi connectivity index (χ1) is 12.1. The van der Waals surface area contributed by atoms with Crippen LogP contribution in [0.15, 0.2) is 36.0 Å². The molecular weight excluding hydrogens is 340 g/mol. The normalized spacial score (nSPS) is 14.9. The number of aliphatic hydroxyl groups excluding tert-OH is 1. The third-order valence-corrected chi connectivity index (χ3v) is 4.42. The Bertz CT molecular complexity index is 614. The Morgan fingerprint density at radius 3 is 2.68 bits per heavy atom. The van der Waals surface area contributed by atoms with Gasteiger partial charge in [-0.15, -0.1) is 0 Å². The molecule has 1 saturated heterocycles. The largest absolute Gasteiger partial charge is 0.396 e. The van der Waals surface area contributed by atoms with Crippen LogP contribution in [0.2, 0.25) is 5.02 Å². The molecule has 2 N–H and O–H groups in total. The van der Waals surface area contributed by atoms with E-state index in [2.05, 4.69) is 5.32 Å². The molecule has 1 heterocycles. The summed E-state index contributed by atoms with van der Waals surface area (Å²) in [5.41, 5.74) is 1.39. The molecule has 1 aliphatic rings. The van der Waals surface area contributed by atoms with Gasteiger partial charge in [-0.25, -0.2) is 0 Å². The highest BCUT2D eigenvalue weighted by Gasteiger charge is 2.18. The van der Waals surface area contributed by atoms with E-state index in [1.54, 1.807) is 30.3 Å². The summed E-state index contributed by atoms with van der Waals surface area (Å²) < 4.78 is 0. The fourth-order valence-corrected chi connectivity index (χ4v) is 2.92. The van der Waals surface area contributed by atoms with Crippen molar-refractivity contribution < 1.29 is 14.7 Å². The van der Waals surface area contributed by atoms with Crippen molar-refractivity contribution in [2.75, 3.05) is 26.2 Å². The molecule has 1 aliphatic heterocycles. The number of halogens is 1. The zero-order valence-electron chi connectivity index (χ0n) is 14.3. The minimum atomic E-state index is -0.0909. The second-order valence-corrected chi connectivity index (χ2v) is 6.57. The lowest BCUT2D eigenvalue weighted by Crippen LogP contribution is -2.28. The highest BCUT2D eigenvalue weighted by atomic mass is 35.5. The molecule has 136 valence electrons. The molecule has 25 heavy (non-hydrogen) atoms. The molecular formula is C19H25ClN2O3. The van der Waals surface area contributed by atoms with Gasteiger partial charge in [0.05, 0.1) is 0 Å². The Morgan fingerprint density at radius 2 is 2.04 bits per heavy atom. The number of aliphatic hydroxyl groups is 1. The van der Waals surface area contributed by atoms with E-state index in [-0.39, 0.29) is 18.3 Å². The summed E-state index contributed by atoms with van der Waals surface area (Å²) in [4.78, 5) is 25.8. The number of rotatable bonds is 10. The zero-order valence-corrected chi connectivity index (χ0v) is 15.1. The van der Waals surface area contributed by atoms with Gasteiger partial charge in [0.15, 0.2) is 5.78 Å². The molecule has 1 amide bonds. The van der Waals surface area contributed by atoms with Gasteiger partial charge >= 0.3 is 0 Å². The SMILES string of the molecule is O=C(/C=C(\CCCO)NCCCN1CCCC1=O)c1ccc(Cl)cc1. The van der Waals surface area contributed by atoms with Crippen LogP contribution in [0.4, 0.5) is 0 Å². The fraction of sp³-hybridized carbons (Fsp3) is 0.474. The molecule has 6 heteroatoms. The van der Waals surface area contributed by atoms with Crippen LogP contribution in [0, 0.1) is 0 Å². The van der Waals surface area contributed by atoms with Gasteiger partial charge < -0.3 is 15.3 Å². The van der Waals surface area contributed by atoms with E-state index in [0.29, 0.717) is 36.4 Å². The number of nitrogens with zero attached hydrogens (tertiary/aromatic N) is 1. The number of carbonyl (C=O) groups is 2. The molecule has 0 spiro atoms. The van der Waals surface area contributed by atoms with Crippen molar-refractivity contribution in [3.8, 4) is 0 Å². The monoisotopic (exact) mass is 364 g/mol. The summed E-state index contributed by atoms with van der Waals surface area (Å²) in [6, 6.07) is 6.78. The third-order valence-electron chi connectivity index (χ3n) is 4.17. The molecule has 2 rings (SSSR count).